The largest absolute Gasteiger partial charge is 0.433 e. The van der Waals surface area contributed by atoms with Crippen molar-refractivity contribution in [1.29, 1.82) is 0 Å². The third-order valence-corrected chi connectivity index (χ3v) is 1.32. The number of aromatic nitrogens is 1. The number of halogens is 3. The van der Waals surface area contributed by atoms with Crippen molar-refractivity contribution in [2.75, 3.05) is 0 Å². The quantitative estimate of drug-likeness (QED) is 0.622. The van der Waals surface area contributed by atoms with Gasteiger partial charge in [-0.3, -0.25) is 4.99 Å². The lowest BCUT2D eigenvalue weighted by Crippen LogP contribution is -2.06. The second kappa shape index (κ2) is 3.55. The molecule has 0 fully saturated rings. The molecule has 1 aromatic rings. The summed E-state index contributed by atoms with van der Waals surface area (Å²) in [5.41, 5.74) is -0.488. The molecule has 0 atom stereocenters. The van der Waals surface area contributed by atoms with Gasteiger partial charge in [-0.05, 0) is 19.1 Å². The normalized spacial score (nSPS) is 12.3. The van der Waals surface area contributed by atoms with Crippen LogP contribution in [0.4, 0.5) is 18.9 Å². The summed E-state index contributed by atoms with van der Waals surface area (Å²) in [6, 6.07) is 2.18. The summed E-state index contributed by atoms with van der Waals surface area (Å²) >= 11 is 0. The first-order valence-electron chi connectivity index (χ1n) is 3.56. The molecule has 2 nitrogen and oxygen atoms in total. The van der Waals surface area contributed by atoms with Crippen LogP contribution in [0.1, 0.15) is 12.6 Å². The molecule has 0 aliphatic rings. The number of rotatable bonds is 1. The summed E-state index contributed by atoms with van der Waals surface area (Å²) in [6.45, 7) is 1.68. The van der Waals surface area contributed by atoms with Gasteiger partial charge in [-0.25, -0.2) is 4.98 Å². The topological polar surface area (TPSA) is 25.2 Å². The van der Waals surface area contributed by atoms with Gasteiger partial charge in [0, 0.05) is 6.21 Å². The Morgan fingerprint density at radius 3 is 2.46 bits per heavy atom. The fourth-order valence-electron chi connectivity index (χ4n) is 0.779. The number of aliphatic imine (C=N–C) groups is 1. The molecule has 0 bridgehead atoms. The van der Waals surface area contributed by atoms with Gasteiger partial charge < -0.3 is 0 Å². The van der Waals surface area contributed by atoms with Crippen molar-refractivity contribution < 1.29 is 13.2 Å². The van der Waals surface area contributed by atoms with Gasteiger partial charge in [-0.2, -0.15) is 13.2 Å². The maximum Gasteiger partial charge on any atom is 0.433 e. The van der Waals surface area contributed by atoms with Crippen molar-refractivity contribution in [3.05, 3.63) is 24.0 Å². The lowest BCUT2D eigenvalue weighted by atomic mass is 10.3. The van der Waals surface area contributed by atoms with E-state index in [0.717, 1.165) is 12.3 Å². The van der Waals surface area contributed by atoms with E-state index in [1.54, 1.807) is 6.92 Å². The summed E-state index contributed by atoms with van der Waals surface area (Å²) in [5.74, 6) is 0. The van der Waals surface area contributed by atoms with Crippen LogP contribution >= 0.6 is 0 Å². The van der Waals surface area contributed by atoms with Crippen molar-refractivity contribution >= 4 is 11.9 Å². The van der Waals surface area contributed by atoms with Crippen LogP contribution in [0.5, 0.6) is 0 Å². The van der Waals surface area contributed by atoms with E-state index in [1.807, 2.05) is 0 Å². The Morgan fingerprint density at radius 1 is 1.38 bits per heavy atom. The molecule has 1 heterocycles. The van der Waals surface area contributed by atoms with Gasteiger partial charge in [0.05, 0.1) is 11.9 Å². The second-order valence-electron chi connectivity index (χ2n) is 2.29. The van der Waals surface area contributed by atoms with Crippen molar-refractivity contribution in [1.82, 2.24) is 4.98 Å². The van der Waals surface area contributed by atoms with Gasteiger partial charge in [0.25, 0.3) is 0 Å². The zero-order valence-corrected chi connectivity index (χ0v) is 6.84. The van der Waals surface area contributed by atoms with E-state index in [0.29, 0.717) is 5.69 Å². The highest BCUT2D eigenvalue weighted by Gasteiger charge is 2.31. The van der Waals surface area contributed by atoms with Crippen molar-refractivity contribution in [3.63, 3.8) is 0 Å². The molecular weight excluding hydrogens is 181 g/mol. The van der Waals surface area contributed by atoms with Crippen molar-refractivity contribution in [2.45, 2.75) is 13.1 Å². The third-order valence-electron chi connectivity index (χ3n) is 1.32. The van der Waals surface area contributed by atoms with E-state index < -0.39 is 11.9 Å². The van der Waals surface area contributed by atoms with Gasteiger partial charge in [-0.1, -0.05) is 0 Å². The Balaban J connectivity index is 2.94. The maximum atomic E-state index is 12.0. The first kappa shape index (κ1) is 9.70. The molecule has 0 N–H and O–H groups in total. The number of pyridine rings is 1. The first-order valence-corrected chi connectivity index (χ1v) is 3.56. The molecule has 0 aliphatic carbocycles. The van der Waals surface area contributed by atoms with Crippen molar-refractivity contribution in [2.24, 2.45) is 4.99 Å². The third kappa shape index (κ3) is 2.54. The molecule has 1 aromatic heterocycles. The fraction of sp³-hybridized carbons (Fsp3) is 0.250. The SMILES string of the molecule is CC=Nc1ccc(C(F)(F)F)nc1. The Kier molecular flexibility index (Phi) is 2.65. The molecule has 0 saturated heterocycles. The molecule has 0 aliphatic heterocycles. The summed E-state index contributed by atoms with van der Waals surface area (Å²) < 4.78 is 36.0. The number of hydrogen-bond donors (Lipinski definition) is 0. The summed E-state index contributed by atoms with van der Waals surface area (Å²) in [4.78, 5) is 7.00. The van der Waals surface area contributed by atoms with Crippen LogP contribution < -0.4 is 0 Å². The van der Waals surface area contributed by atoms with Gasteiger partial charge in [0.1, 0.15) is 5.69 Å². The lowest BCUT2D eigenvalue weighted by Gasteiger charge is -2.04. The minimum absolute atomic E-state index is 0.413. The van der Waals surface area contributed by atoms with Crippen LogP contribution in [0.2, 0.25) is 0 Å². The smallest absolute Gasteiger partial charge is 0.260 e. The van der Waals surface area contributed by atoms with Gasteiger partial charge in [-0.15, -0.1) is 0 Å². The number of nitrogens with zero attached hydrogens (tertiary/aromatic N) is 2. The van der Waals surface area contributed by atoms with E-state index in [9.17, 15) is 13.2 Å². The Labute approximate surface area is 73.1 Å². The molecule has 0 amide bonds. The minimum Gasteiger partial charge on any atom is -0.260 e. The average molecular weight is 188 g/mol. The molecule has 0 radical (unpaired) electrons. The van der Waals surface area contributed by atoms with Crippen LogP contribution in [0.3, 0.4) is 0 Å². The fourth-order valence-corrected chi connectivity index (χ4v) is 0.779. The van der Waals surface area contributed by atoms with Gasteiger partial charge in [0.15, 0.2) is 0 Å². The average Bonchev–Trinajstić information content (AvgIpc) is 2.04. The Bertz CT molecular complexity index is 300. The van der Waals surface area contributed by atoms with E-state index in [1.165, 1.54) is 12.3 Å². The maximum absolute atomic E-state index is 12.0. The molecule has 70 valence electrons. The molecule has 1 rings (SSSR count). The lowest BCUT2D eigenvalue weighted by molar-refractivity contribution is -0.141. The molecule has 5 heteroatoms. The standard InChI is InChI=1S/C8H7F3N2/c1-2-12-6-3-4-7(13-5-6)8(9,10)11/h2-5H,1H3. The molecule has 0 spiro atoms. The van der Waals surface area contributed by atoms with E-state index >= 15 is 0 Å². The number of alkyl halides is 3. The highest BCUT2D eigenvalue weighted by molar-refractivity contribution is 5.59. The van der Waals surface area contributed by atoms with Gasteiger partial charge in [0.2, 0.25) is 0 Å². The van der Waals surface area contributed by atoms with Gasteiger partial charge >= 0.3 is 6.18 Å². The van der Waals surface area contributed by atoms with E-state index in [2.05, 4.69) is 9.98 Å². The predicted molar refractivity (Wildman–Crippen MR) is 43.1 cm³/mol. The zero-order chi connectivity index (χ0) is 9.90. The Hall–Kier alpha value is -1.39. The highest BCUT2D eigenvalue weighted by Crippen LogP contribution is 2.28. The first-order chi connectivity index (χ1) is 6.04. The summed E-state index contributed by atoms with van der Waals surface area (Å²) in [7, 11) is 0. The second-order valence-corrected chi connectivity index (χ2v) is 2.29. The molecule has 0 unspecified atom stereocenters. The van der Waals surface area contributed by atoms with Crippen LogP contribution in [0, 0.1) is 0 Å². The van der Waals surface area contributed by atoms with Crippen molar-refractivity contribution in [3.8, 4) is 0 Å². The van der Waals surface area contributed by atoms with Crippen LogP contribution in [-0.2, 0) is 6.18 Å². The zero-order valence-electron chi connectivity index (χ0n) is 6.84. The van der Waals surface area contributed by atoms with E-state index in [4.69, 9.17) is 0 Å². The molecule has 0 saturated carbocycles. The predicted octanol–water partition coefficient (Wildman–Crippen LogP) is 2.82. The van der Waals surface area contributed by atoms with Crippen LogP contribution in [0.25, 0.3) is 0 Å². The summed E-state index contributed by atoms with van der Waals surface area (Å²) in [5, 5.41) is 0. The van der Waals surface area contributed by atoms with Crippen LogP contribution in [0.15, 0.2) is 23.3 Å². The Morgan fingerprint density at radius 2 is 2.08 bits per heavy atom. The minimum atomic E-state index is -4.38. The monoisotopic (exact) mass is 188 g/mol. The highest BCUT2D eigenvalue weighted by atomic mass is 19.4. The number of hydrogen-bond acceptors (Lipinski definition) is 2. The molecular formula is C8H7F3N2. The molecule has 0 aromatic carbocycles. The van der Waals surface area contributed by atoms with E-state index in [-0.39, 0.29) is 0 Å². The van der Waals surface area contributed by atoms with Crippen LogP contribution in [-0.4, -0.2) is 11.2 Å². The molecule has 13 heavy (non-hydrogen) atoms. The summed E-state index contributed by atoms with van der Waals surface area (Å²) in [6.07, 6.45) is -1.80.